The maximum atomic E-state index is 12.7. The van der Waals surface area contributed by atoms with Crippen LogP contribution in [0.25, 0.3) is 0 Å². The summed E-state index contributed by atoms with van der Waals surface area (Å²) in [5.74, 6) is 1.17. The molecule has 22 heavy (non-hydrogen) atoms. The molecule has 0 spiro atoms. The number of hydrogen-bond donors (Lipinski definition) is 2. The van der Waals surface area contributed by atoms with Gasteiger partial charge >= 0.3 is 6.03 Å². The van der Waals surface area contributed by atoms with Gasteiger partial charge in [-0.25, -0.2) is 4.79 Å². The van der Waals surface area contributed by atoms with E-state index in [1.165, 1.54) is 18.6 Å². The van der Waals surface area contributed by atoms with Crippen molar-refractivity contribution in [2.24, 2.45) is 0 Å². The van der Waals surface area contributed by atoms with Crippen LogP contribution in [0.5, 0.6) is 0 Å². The number of H-pyrrole nitrogens is 1. The quantitative estimate of drug-likeness (QED) is 0.894. The fourth-order valence-electron chi connectivity index (χ4n) is 3.68. The van der Waals surface area contributed by atoms with Crippen molar-refractivity contribution in [2.75, 3.05) is 12.3 Å². The summed E-state index contributed by atoms with van der Waals surface area (Å²) in [6.07, 6.45) is 10.5. The van der Waals surface area contributed by atoms with Crippen LogP contribution < -0.4 is 5.32 Å². The Morgan fingerprint density at radius 2 is 2.36 bits per heavy atom. The van der Waals surface area contributed by atoms with Crippen LogP contribution in [0.2, 0.25) is 0 Å². The summed E-state index contributed by atoms with van der Waals surface area (Å²) in [5.41, 5.74) is 1.13. The van der Waals surface area contributed by atoms with Crippen molar-refractivity contribution in [1.29, 1.82) is 0 Å². The predicted octanol–water partition coefficient (Wildman–Crippen LogP) is 3.32. The molecule has 2 heterocycles. The molecule has 1 aromatic heterocycles. The van der Waals surface area contributed by atoms with Gasteiger partial charge in [0.25, 0.3) is 0 Å². The molecule has 0 radical (unpaired) electrons. The molecule has 2 N–H and O–H groups in total. The van der Waals surface area contributed by atoms with E-state index in [1.807, 2.05) is 29.1 Å². The molecule has 1 saturated carbocycles. The second-order valence-corrected chi connectivity index (χ2v) is 7.85. The molecule has 0 aromatic carbocycles. The highest BCUT2D eigenvalue weighted by atomic mass is 32.2. The number of nitrogens with one attached hydrogen (secondary N) is 2. The number of carbonyl (C=O) groups is 1. The number of likely N-dealkylation sites (tertiary alicyclic amines) is 1. The van der Waals surface area contributed by atoms with Gasteiger partial charge in [-0.1, -0.05) is 6.92 Å². The minimum Gasteiger partial charge on any atom is -0.335 e. The Balaban J connectivity index is 1.58. The van der Waals surface area contributed by atoms with Crippen molar-refractivity contribution in [3.05, 3.63) is 18.0 Å². The van der Waals surface area contributed by atoms with Crippen molar-refractivity contribution in [1.82, 2.24) is 20.4 Å². The van der Waals surface area contributed by atoms with Gasteiger partial charge in [0.2, 0.25) is 0 Å². The molecule has 3 rings (SSSR count). The molecule has 2 fully saturated rings. The molecule has 0 bridgehead atoms. The number of hydrogen-bond acceptors (Lipinski definition) is 3. The molecule has 3 atom stereocenters. The summed E-state index contributed by atoms with van der Waals surface area (Å²) in [6, 6.07) is 0.635. The van der Waals surface area contributed by atoms with Gasteiger partial charge in [0.1, 0.15) is 0 Å². The van der Waals surface area contributed by atoms with Crippen molar-refractivity contribution in [3.8, 4) is 0 Å². The average molecular weight is 322 g/mol. The average Bonchev–Trinajstić information content (AvgIpc) is 3.19. The number of urea groups is 1. The molecule has 5 nitrogen and oxygen atoms in total. The van der Waals surface area contributed by atoms with E-state index in [0.29, 0.717) is 6.04 Å². The van der Waals surface area contributed by atoms with Gasteiger partial charge < -0.3 is 10.2 Å². The van der Waals surface area contributed by atoms with Crippen LogP contribution in [0.3, 0.4) is 0 Å². The molecule has 2 aliphatic rings. The van der Waals surface area contributed by atoms with Crippen LogP contribution in [0.4, 0.5) is 4.79 Å². The summed E-state index contributed by atoms with van der Waals surface area (Å²) in [6.45, 7) is 3.06. The lowest BCUT2D eigenvalue weighted by Gasteiger charge is -2.36. The Labute approximate surface area is 136 Å². The lowest BCUT2D eigenvalue weighted by Crippen LogP contribution is -2.47. The van der Waals surface area contributed by atoms with Gasteiger partial charge in [0, 0.05) is 29.6 Å². The van der Waals surface area contributed by atoms with Gasteiger partial charge in [0.15, 0.2) is 0 Å². The lowest BCUT2D eigenvalue weighted by atomic mass is 9.98. The summed E-state index contributed by atoms with van der Waals surface area (Å²) < 4.78 is 0. The zero-order valence-electron chi connectivity index (χ0n) is 13.3. The highest BCUT2D eigenvalue weighted by Crippen LogP contribution is 2.32. The second kappa shape index (κ2) is 7.40. The molecule has 1 aliphatic heterocycles. The summed E-state index contributed by atoms with van der Waals surface area (Å²) in [7, 11) is 0. The molecule has 1 saturated heterocycles. The Kier molecular flexibility index (Phi) is 5.28. The molecule has 122 valence electrons. The van der Waals surface area contributed by atoms with Crippen molar-refractivity contribution < 1.29 is 4.79 Å². The highest BCUT2D eigenvalue weighted by Gasteiger charge is 2.32. The van der Waals surface area contributed by atoms with Crippen LogP contribution in [0, 0.1) is 0 Å². The van der Waals surface area contributed by atoms with Gasteiger partial charge in [-0.05, 0) is 44.3 Å². The third kappa shape index (κ3) is 3.59. The van der Waals surface area contributed by atoms with E-state index >= 15 is 0 Å². The topological polar surface area (TPSA) is 61.0 Å². The Hall–Kier alpha value is -1.17. The normalized spacial score (nSPS) is 28.8. The van der Waals surface area contributed by atoms with Crippen molar-refractivity contribution in [2.45, 2.75) is 62.8 Å². The maximum absolute atomic E-state index is 12.7. The third-order valence-corrected chi connectivity index (χ3v) is 6.02. The molecule has 6 heteroatoms. The SMILES string of the molecule is CCS[C@@H]1CC[C@@H](NC(=O)N2CCCC[C@@H]2c2cn[nH]c2)C1. The predicted molar refractivity (Wildman–Crippen MR) is 90.0 cm³/mol. The van der Waals surface area contributed by atoms with Crippen LogP contribution in [0.1, 0.15) is 57.1 Å². The largest absolute Gasteiger partial charge is 0.335 e. The van der Waals surface area contributed by atoms with Gasteiger partial charge in [-0.15, -0.1) is 0 Å². The van der Waals surface area contributed by atoms with E-state index in [1.54, 1.807) is 0 Å². The van der Waals surface area contributed by atoms with E-state index in [2.05, 4.69) is 22.4 Å². The first-order valence-corrected chi connectivity index (χ1v) is 9.50. The van der Waals surface area contributed by atoms with Crippen LogP contribution in [0.15, 0.2) is 12.4 Å². The number of thioether (sulfide) groups is 1. The first kappa shape index (κ1) is 15.7. The third-order valence-electron chi connectivity index (χ3n) is 4.78. The smallest absolute Gasteiger partial charge is 0.318 e. The number of amides is 2. The minimum atomic E-state index is 0.109. The van der Waals surface area contributed by atoms with Crippen LogP contribution in [-0.4, -0.2) is 44.7 Å². The fraction of sp³-hybridized carbons (Fsp3) is 0.750. The first-order chi connectivity index (χ1) is 10.8. The standard InChI is InChI=1S/C16H26N4OS/c1-2-22-14-7-6-13(9-14)19-16(21)20-8-4-3-5-15(20)12-10-17-18-11-12/h10-11,13-15H,2-9H2,1H3,(H,17,18)(H,19,21)/t13-,14-,15-/m1/s1. The number of aromatic nitrogens is 2. The van der Waals surface area contributed by atoms with E-state index in [-0.39, 0.29) is 12.1 Å². The first-order valence-electron chi connectivity index (χ1n) is 8.45. The Morgan fingerprint density at radius 3 is 3.14 bits per heavy atom. The summed E-state index contributed by atoms with van der Waals surface area (Å²) in [4.78, 5) is 14.7. The van der Waals surface area contributed by atoms with E-state index in [4.69, 9.17) is 0 Å². The van der Waals surface area contributed by atoms with E-state index < -0.39 is 0 Å². The van der Waals surface area contributed by atoms with E-state index in [0.717, 1.165) is 43.0 Å². The van der Waals surface area contributed by atoms with Crippen molar-refractivity contribution >= 4 is 17.8 Å². The lowest BCUT2D eigenvalue weighted by molar-refractivity contribution is 0.148. The molecule has 0 unspecified atom stereocenters. The number of carbonyl (C=O) groups excluding carboxylic acids is 1. The molecular formula is C16H26N4OS. The zero-order valence-corrected chi connectivity index (χ0v) is 14.1. The van der Waals surface area contributed by atoms with Crippen LogP contribution >= 0.6 is 11.8 Å². The minimum absolute atomic E-state index is 0.109. The number of rotatable bonds is 4. The van der Waals surface area contributed by atoms with Crippen LogP contribution in [-0.2, 0) is 0 Å². The Bertz CT molecular complexity index is 479. The van der Waals surface area contributed by atoms with Crippen molar-refractivity contribution in [3.63, 3.8) is 0 Å². The highest BCUT2D eigenvalue weighted by molar-refractivity contribution is 7.99. The van der Waals surface area contributed by atoms with Gasteiger partial charge in [0.05, 0.1) is 12.2 Å². The Morgan fingerprint density at radius 1 is 1.45 bits per heavy atom. The molecule has 2 amide bonds. The monoisotopic (exact) mass is 322 g/mol. The number of nitrogens with zero attached hydrogens (tertiary/aromatic N) is 2. The molecule has 1 aliphatic carbocycles. The summed E-state index contributed by atoms with van der Waals surface area (Å²) >= 11 is 2.03. The number of piperidine rings is 1. The molecule has 1 aromatic rings. The van der Waals surface area contributed by atoms with Gasteiger partial charge in [-0.3, -0.25) is 5.10 Å². The van der Waals surface area contributed by atoms with E-state index in [9.17, 15) is 4.79 Å². The zero-order chi connectivity index (χ0) is 15.4. The number of aromatic amines is 1. The maximum Gasteiger partial charge on any atom is 0.318 e. The fourth-order valence-corrected chi connectivity index (χ4v) is 4.82. The summed E-state index contributed by atoms with van der Waals surface area (Å²) in [5, 5.41) is 10.9. The molecular weight excluding hydrogens is 296 g/mol. The van der Waals surface area contributed by atoms with Gasteiger partial charge in [-0.2, -0.15) is 16.9 Å². The second-order valence-electron chi connectivity index (χ2n) is 6.27.